The van der Waals surface area contributed by atoms with Gasteiger partial charge in [0.2, 0.25) is 5.91 Å². The minimum absolute atomic E-state index is 0.0321. The van der Waals surface area contributed by atoms with Gasteiger partial charge in [-0.15, -0.1) is 0 Å². The first-order valence-electron chi connectivity index (χ1n) is 10.4. The van der Waals surface area contributed by atoms with E-state index >= 15 is 0 Å². The Morgan fingerprint density at radius 2 is 1.67 bits per heavy atom. The van der Waals surface area contributed by atoms with Crippen molar-refractivity contribution >= 4 is 12.1 Å². The number of nitrogens with one attached hydrogen (secondary N) is 1. The second kappa shape index (κ2) is 16.1. The third-order valence-electron chi connectivity index (χ3n) is 4.43. The third kappa shape index (κ3) is 12.0. The predicted molar refractivity (Wildman–Crippen MR) is 114 cm³/mol. The summed E-state index contributed by atoms with van der Waals surface area (Å²) in [6.45, 7) is 6.33. The van der Waals surface area contributed by atoms with Crippen molar-refractivity contribution < 1.29 is 9.53 Å². The van der Waals surface area contributed by atoms with Gasteiger partial charge in [-0.05, 0) is 18.6 Å². The van der Waals surface area contributed by atoms with Crippen LogP contribution in [0.3, 0.4) is 0 Å². The number of benzene rings is 1. The Hall–Kier alpha value is -2.10. The van der Waals surface area contributed by atoms with Crippen LogP contribution in [0.25, 0.3) is 0 Å². The molecule has 1 aromatic rings. The maximum absolute atomic E-state index is 11.9. The van der Waals surface area contributed by atoms with Gasteiger partial charge in [-0.3, -0.25) is 4.79 Å². The van der Waals surface area contributed by atoms with Crippen LogP contribution < -0.4 is 10.2 Å². The third-order valence-corrected chi connectivity index (χ3v) is 4.43. The van der Waals surface area contributed by atoms with E-state index in [4.69, 9.17) is 4.74 Å². The van der Waals surface area contributed by atoms with Crippen LogP contribution in [0.5, 0.6) is 5.75 Å². The molecule has 0 fully saturated rings. The van der Waals surface area contributed by atoms with Crippen LogP contribution in [0.4, 0.5) is 0 Å². The number of amides is 1. The second-order valence-electron chi connectivity index (χ2n) is 6.86. The summed E-state index contributed by atoms with van der Waals surface area (Å²) in [5.41, 5.74) is 3.43. The van der Waals surface area contributed by atoms with E-state index in [0.717, 1.165) is 24.2 Å². The molecule has 1 amide bonds. The highest BCUT2D eigenvalue weighted by Crippen LogP contribution is 2.15. The summed E-state index contributed by atoms with van der Waals surface area (Å²) in [5.74, 6) is 0.695. The number of hydrogen-bond donors (Lipinski definition) is 1. The number of para-hydroxylation sites is 1. The molecule has 0 spiro atoms. The number of nitrogens with zero attached hydrogens (tertiary/aromatic N) is 1. The molecule has 0 saturated carbocycles. The molecule has 0 aliphatic carbocycles. The number of ether oxygens (including phenoxy) is 1. The summed E-state index contributed by atoms with van der Waals surface area (Å²) in [6.07, 6.45) is 16.5. The van der Waals surface area contributed by atoms with Gasteiger partial charge in [0.05, 0.1) is 6.21 Å². The van der Waals surface area contributed by atoms with Gasteiger partial charge in [-0.2, -0.15) is 5.10 Å². The molecule has 0 radical (unpaired) electrons. The van der Waals surface area contributed by atoms with Gasteiger partial charge in [0, 0.05) is 12.0 Å². The zero-order valence-corrected chi connectivity index (χ0v) is 16.9. The highest BCUT2D eigenvalue weighted by Gasteiger charge is 2.01. The van der Waals surface area contributed by atoms with E-state index in [-0.39, 0.29) is 5.91 Å². The molecule has 0 aliphatic heterocycles. The lowest BCUT2D eigenvalue weighted by Gasteiger charge is -2.06. The van der Waals surface area contributed by atoms with Gasteiger partial charge in [-0.25, -0.2) is 5.43 Å². The second-order valence-corrected chi connectivity index (χ2v) is 6.86. The molecule has 0 aliphatic rings. The van der Waals surface area contributed by atoms with Crippen molar-refractivity contribution in [2.45, 2.75) is 77.6 Å². The summed E-state index contributed by atoms with van der Waals surface area (Å²) in [6, 6.07) is 7.58. The quantitative estimate of drug-likeness (QED) is 0.167. The van der Waals surface area contributed by atoms with E-state index in [1.165, 1.54) is 51.4 Å². The first-order valence-corrected chi connectivity index (χ1v) is 10.4. The first-order chi connectivity index (χ1) is 13.3. The van der Waals surface area contributed by atoms with E-state index in [9.17, 15) is 4.79 Å². The fourth-order valence-electron chi connectivity index (χ4n) is 2.87. The molecule has 1 rings (SSSR count). The van der Waals surface area contributed by atoms with Crippen molar-refractivity contribution in [2.75, 3.05) is 6.61 Å². The van der Waals surface area contributed by atoms with Gasteiger partial charge in [-0.1, -0.05) is 89.5 Å². The molecule has 4 nitrogen and oxygen atoms in total. The van der Waals surface area contributed by atoms with Crippen LogP contribution in [0.1, 0.15) is 83.1 Å². The minimum Gasteiger partial charge on any atom is -0.489 e. The fraction of sp³-hybridized carbons (Fsp3) is 0.565. The number of unbranched alkanes of at least 4 members (excludes halogenated alkanes) is 9. The predicted octanol–water partition coefficient (Wildman–Crippen LogP) is 6.01. The van der Waals surface area contributed by atoms with Crippen molar-refractivity contribution in [3.8, 4) is 5.75 Å². The summed E-state index contributed by atoms with van der Waals surface area (Å²) in [5, 5.41) is 4.04. The van der Waals surface area contributed by atoms with Gasteiger partial charge >= 0.3 is 0 Å². The van der Waals surface area contributed by atoms with Gasteiger partial charge in [0.1, 0.15) is 12.4 Å². The standard InChI is InChI=1S/C23H36N2O2/c1-3-5-6-7-8-9-10-11-12-13-18-23(26)25-24-20-21-16-14-15-17-22(21)27-19-4-2/h4,14-17,20H,2-3,5-13,18-19H2,1H3,(H,25,26)/b24-20+. The molecule has 1 aromatic carbocycles. The summed E-state index contributed by atoms with van der Waals surface area (Å²) < 4.78 is 5.56. The van der Waals surface area contributed by atoms with Crippen molar-refractivity contribution in [1.29, 1.82) is 0 Å². The molecule has 0 bridgehead atoms. The van der Waals surface area contributed by atoms with Crippen LogP contribution in [-0.2, 0) is 4.79 Å². The lowest BCUT2D eigenvalue weighted by atomic mass is 10.1. The summed E-state index contributed by atoms with van der Waals surface area (Å²) in [4.78, 5) is 11.9. The van der Waals surface area contributed by atoms with E-state index in [1.807, 2.05) is 24.3 Å². The molecule has 0 saturated heterocycles. The number of hydrazone groups is 1. The first kappa shape index (κ1) is 22.9. The van der Waals surface area contributed by atoms with Crippen molar-refractivity contribution in [2.24, 2.45) is 5.10 Å². The Bertz CT molecular complexity index is 555. The van der Waals surface area contributed by atoms with Crippen LogP contribution in [0.15, 0.2) is 42.0 Å². The zero-order valence-electron chi connectivity index (χ0n) is 16.9. The number of rotatable bonds is 16. The van der Waals surface area contributed by atoms with Gasteiger partial charge in [0.25, 0.3) is 0 Å². The lowest BCUT2D eigenvalue weighted by Crippen LogP contribution is -2.17. The maximum atomic E-state index is 11.9. The molecule has 27 heavy (non-hydrogen) atoms. The monoisotopic (exact) mass is 372 g/mol. The SMILES string of the molecule is C=CCOc1ccccc1/C=N/NC(=O)CCCCCCCCCCCC. The highest BCUT2D eigenvalue weighted by molar-refractivity contribution is 5.85. The molecule has 150 valence electrons. The van der Waals surface area contributed by atoms with Gasteiger partial charge < -0.3 is 4.74 Å². The number of hydrogen-bond acceptors (Lipinski definition) is 3. The smallest absolute Gasteiger partial charge is 0.240 e. The maximum Gasteiger partial charge on any atom is 0.240 e. The molecule has 0 unspecified atom stereocenters. The molecular weight excluding hydrogens is 336 g/mol. The Balaban J connectivity index is 2.10. The van der Waals surface area contributed by atoms with Crippen LogP contribution in [0, 0.1) is 0 Å². The Labute approximate surface area is 165 Å². The molecule has 1 N–H and O–H groups in total. The number of carbonyl (C=O) groups excluding carboxylic acids is 1. The zero-order chi connectivity index (χ0) is 19.6. The molecule has 4 heteroatoms. The number of carbonyl (C=O) groups is 1. The highest BCUT2D eigenvalue weighted by atomic mass is 16.5. The summed E-state index contributed by atoms with van der Waals surface area (Å²) >= 11 is 0. The van der Waals surface area contributed by atoms with Crippen LogP contribution in [-0.4, -0.2) is 18.7 Å². The van der Waals surface area contributed by atoms with E-state index in [0.29, 0.717) is 13.0 Å². The van der Waals surface area contributed by atoms with Crippen molar-refractivity contribution in [3.63, 3.8) is 0 Å². The van der Waals surface area contributed by atoms with Crippen LogP contribution >= 0.6 is 0 Å². The lowest BCUT2D eigenvalue weighted by molar-refractivity contribution is -0.121. The molecule has 0 heterocycles. The Kier molecular flexibility index (Phi) is 13.7. The molecule has 0 aromatic heterocycles. The average molecular weight is 373 g/mol. The Morgan fingerprint density at radius 3 is 2.33 bits per heavy atom. The largest absolute Gasteiger partial charge is 0.489 e. The molecule has 0 atom stereocenters. The fourth-order valence-corrected chi connectivity index (χ4v) is 2.87. The van der Waals surface area contributed by atoms with E-state index in [1.54, 1.807) is 12.3 Å². The molecular formula is C23H36N2O2. The van der Waals surface area contributed by atoms with Crippen molar-refractivity contribution in [3.05, 3.63) is 42.5 Å². The normalized spacial score (nSPS) is 10.9. The van der Waals surface area contributed by atoms with Crippen molar-refractivity contribution in [1.82, 2.24) is 5.43 Å². The minimum atomic E-state index is -0.0321. The topological polar surface area (TPSA) is 50.7 Å². The van der Waals surface area contributed by atoms with Crippen LogP contribution in [0.2, 0.25) is 0 Å². The van der Waals surface area contributed by atoms with Gasteiger partial charge in [0.15, 0.2) is 0 Å². The van der Waals surface area contributed by atoms with E-state index in [2.05, 4.69) is 24.0 Å². The Morgan fingerprint density at radius 1 is 1.04 bits per heavy atom. The summed E-state index contributed by atoms with van der Waals surface area (Å²) in [7, 11) is 0. The average Bonchev–Trinajstić information content (AvgIpc) is 2.68. The van der Waals surface area contributed by atoms with E-state index < -0.39 is 0 Å².